The minimum Gasteiger partial charge on any atom is -0.493 e. The molecule has 0 atom stereocenters. The first-order valence-corrected chi connectivity index (χ1v) is 14.3. The fourth-order valence-corrected chi connectivity index (χ4v) is 5.85. The van der Waals surface area contributed by atoms with E-state index in [1.807, 2.05) is 4.57 Å². The molecule has 0 spiro atoms. The summed E-state index contributed by atoms with van der Waals surface area (Å²) >= 11 is 8.45. The van der Waals surface area contributed by atoms with E-state index in [4.69, 9.17) is 30.5 Å². The lowest BCUT2D eigenvalue weighted by atomic mass is 10.0. The molecule has 0 bridgehead atoms. The van der Waals surface area contributed by atoms with Gasteiger partial charge in [-0.15, -0.1) is 28.1 Å². The summed E-state index contributed by atoms with van der Waals surface area (Å²) < 4.78 is 23.2. The molecule has 41 heavy (non-hydrogen) atoms. The molecule has 0 saturated carbocycles. The number of thioether (sulfide) groups is 1. The second-order valence-corrected chi connectivity index (χ2v) is 10.6. The van der Waals surface area contributed by atoms with Gasteiger partial charge in [0.1, 0.15) is 10.6 Å². The number of aromatic nitrogens is 3. The number of halogens is 1. The number of carbonyl (C=O) groups is 2. The summed E-state index contributed by atoms with van der Waals surface area (Å²) in [6, 6.07) is 10.6. The van der Waals surface area contributed by atoms with Crippen LogP contribution in [-0.4, -0.2) is 60.8 Å². The van der Waals surface area contributed by atoms with Crippen LogP contribution in [0, 0.1) is 0 Å². The van der Waals surface area contributed by atoms with E-state index in [2.05, 4.69) is 22.1 Å². The summed E-state index contributed by atoms with van der Waals surface area (Å²) in [5, 5.41) is 14.8. The van der Waals surface area contributed by atoms with Gasteiger partial charge in [0.05, 0.1) is 34.2 Å². The van der Waals surface area contributed by atoms with Crippen LogP contribution in [0.5, 0.6) is 17.2 Å². The zero-order valence-electron chi connectivity index (χ0n) is 22.7. The monoisotopic (exact) mass is 614 g/mol. The van der Waals surface area contributed by atoms with Gasteiger partial charge in [-0.25, -0.2) is 4.79 Å². The summed E-state index contributed by atoms with van der Waals surface area (Å²) in [4.78, 5) is 25.7. The number of esters is 1. The van der Waals surface area contributed by atoms with Crippen molar-refractivity contribution in [2.24, 2.45) is 0 Å². The van der Waals surface area contributed by atoms with E-state index in [0.717, 1.165) is 5.56 Å². The third-order valence-electron chi connectivity index (χ3n) is 5.87. The van der Waals surface area contributed by atoms with Crippen LogP contribution in [0.4, 0.5) is 5.00 Å². The average molecular weight is 615 g/mol. The van der Waals surface area contributed by atoms with E-state index in [-0.39, 0.29) is 17.2 Å². The summed E-state index contributed by atoms with van der Waals surface area (Å²) in [6.07, 6.45) is 1.71. The van der Waals surface area contributed by atoms with Crippen molar-refractivity contribution in [2.45, 2.75) is 11.7 Å². The minimum atomic E-state index is -0.556. The SMILES string of the molecule is C=CCn1c(SCC(=O)Nc2scc(-c3ccc(Cl)cc3)c2C(=O)OC)nnc1-c1cc(OC)c(OC)c(OC)c1. The molecular weight excluding hydrogens is 588 g/mol. The molecule has 0 aliphatic heterocycles. The number of carbonyl (C=O) groups excluding carboxylic acids is 2. The van der Waals surface area contributed by atoms with Crippen LogP contribution in [-0.2, 0) is 16.1 Å². The number of amides is 1. The third kappa shape index (κ3) is 6.50. The van der Waals surface area contributed by atoms with E-state index in [1.54, 1.807) is 47.9 Å². The van der Waals surface area contributed by atoms with Gasteiger partial charge in [-0.3, -0.25) is 9.36 Å². The van der Waals surface area contributed by atoms with Crippen LogP contribution >= 0.6 is 34.7 Å². The molecule has 2 aromatic carbocycles. The maximum atomic E-state index is 13.0. The molecule has 2 aromatic heterocycles. The Bertz CT molecular complexity index is 1540. The van der Waals surface area contributed by atoms with Gasteiger partial charge in [-0.2, -0.15) is 0 Å². The number of hydrogen-bond donors (Lipinski definition) is 1. The molecule has 0 saturated heterocycles. The smallest absolute Gasteiger partial charge is 0.341 e. The molecule has 4 aromatic rings. The van der Waals surface area contributed by atoms with Crippen molar-refractivity contribution in [3.05, 3.63) is 65.0 Å². The number of methoxy groups -OCH3 is 4. The van der Waals surface area contributed by atoms with Crippen molar-refractivity contribution in [1.82, 2.24) is 14.8 Å². The highest BCUT2D eigenvalue weighted by atomic mass is 35.5. The summed E-state index contributed by atoms with van der Waals surface area (Å²) in [5.41, 5.74) is 2.37. The van der Waals surface area contributed by atoms with Crippen LogP contribution in [0.15, 0.2) is 59.6 Å². The first-order chi connectivity index (χ1) is 19.8. The summed E-state index contributed by atoms with van der Waals surface area (Å²) in [7, 11) is 5.90. The number of ether oxygens (including phenoxy) is 4. The predicted octanol–water partition coefficient (Wildman–Crippen LogP) is 6.06. The second-order valence-electron chi connectivity index (χ2n) is 8.31. The van der Waals surface area contributed by atoms with Crippen molar-refractivity contribution in [3.8, 4) is 39.8 Å². The Morgan fingerprint density at radius 3 is 2.32 bits per heavy atom. The standard InChI is InChI=1S/C28H27ClN4O6S2/c1-6-11-33-25(17-12-20(36-2)24(38-4)21(13-17)37-3)31-32-28(33)41-15-22(34)30-26-23(27(35)39-5)19(14-40-26)16-7-9-18(29)10-8-16/h6-10,12-14H,1,11,15H2,2-5H3,(H,30,34). The molecule has 2 heterocycles. The number of rotatable bonds is 12. The Balaban J connectivity index is 1.56. The van der Waals surface area contributed by atoms with Gasteiger partial charge in [0.25, 0.3) is 0 Å². The number of nitrogens with one attached hydrogen (secondary N) is 1. The van der Waals surface area contributed by atoms with Crippen LogP contribution in [0.25, 0.3) is 22.5 Å². The molecule has 0 unspecified atom stereocenters. The first kappa shape index (κ1) is 30.0. The van der Waals surface area contributed by atoms with Gasteiger partial charge >= 0.3 is 5.97 Å². The van der Waals surface area contributed by atoms with E-state index in [9.17, 15) is 9.59 Å². The van der Waals surface area contributed by atoms with Crippen molar-refractivity contribution < 1.29 is 28.5 Å². The quantitative estimate of drug-likeness (QED) is 0.116. The Hall–Kier alpha value is -4.00. The zero-order chi connectivity index (χ0) is 29.5. The third-order valence-corrected chi connectivity index (χ3v) is 7.99. The predicted molar refractivity (Wildman–Crippen MR) is 161 cm³/mol. The van der Waals surface area contributed by atoms with E-state index >= 15 is 0 Å². The topological polar surface area (TPSA) is 114 Å². The van der Waals surface area contributed by atoms with Crippen molar-refractivity contribution in [2.75, 3.05) is 39.5 Å². The largest absolute Gasteiger partial charge is 0.493 e. The van der Waals surface area contributed by atoms with Gasteiger partial charge in [0, 0.05) is 28.1 Å². The lowest BCUT2D eigenvalue weighted by Gasteiger charge is -2.14. The zero-order valence-corrected chi connectivity index (χ0v) is 25.1. The highest BCUT2D eigenvalue weighted by molar-refractivity contribution is 7.99. The van der Waals surface area contributed by atoms with Gasteiger partial charge in [-0.05, 0) is 29.8 Å². The average Bonchev–Trinajstić information content (AvgIpc) is 3.59. The molecule has 1 N–H and O–H groups in total. The van der Waals surface area contributed by atoms with Crippen LogP contribution < -0.4 is 19.5 Å². The molecule has 0 aliphatic rings. The van der Waals surface area contributed by atoms with Crippen molar-refractivity contribution >= 4 is 51.6 Å². The highest BCUT2D eigenvalue weighted by Gasteiger charge is 2.24. The molecular formula is C28H27ClN4O6S2. The number of thiophene rings is 1. The summed E-state index contributed by atoms with van der Waals surface area (Å²) in [6.45, 7) is 4.23. The van der Waals surface area contributed by atoms with Gasteiger partial charge in [0.15, 0.2) is 22.5 Å². The van der Waals surface area contributed by atoms with Crippen LogP contribution in [0.3, 0.4) is 0 Å². The maximum Gasteiger partial charge on any atom is 0.341 e. The van der Waals surface area contributed by atoms with E-state index < -0.39 is 5.97 Å². The lowest BCUT2D eigenvalue weighted by Crippen LogP contribution is -2.16. The Morgan fingerprint density at radius 2 is 1.73 bits per heavy atom. The number of anilines is 1. The molecule has 10 nitrogen and oxygen atoms in total. The molecule has 214 valence electrons. The van der Waals surface area contributed by atoms with Gasteiger partial charge < -0.3 is 24.3 Å². The molecule has 0 fully saturated rings. The normalized spacial score (nSPS) is 10.7. The van der Waals surface area contributed by atoms with Gasteiger partial charge in [-0.1, -0.05) is 41.6 Å². The van der Waals surface area contributed by atoms with E-state index in [1.165, 1.54) is 51.5 Å². The minimum absolute atomic E-state index is 0.0132. The van der Waals surface area contributed by atoms with Crippen LogP contribution in [0.2, 0.25) is 5.02 Å². The molecule has 0 radical (unpaired) electrons. The second kappa shape index (κ2) is 13.6. The number of allylic oxidation sites excluding steroid dienone is 1. The van der Waals surface area contributed by atoms with Gasteiger partial charge in [0.2, 0.25) is 11.7 Å². The Morgan fingerprint density at radius 1 is 1.05 bits per heavy atom. The number of nitrogens with zero attached hydrogens (tertiary/aromatic N) is 3. The molecule has 0 aliphatic carbocycles. The maximum absolute atomic E-state index is 13.0. The molecule has 1 amide bonds. The Labute approximate surface area is 250 Å². The van der Waals surface area contributed by atoms with Crippen LogP contribution in [0.1, 0.15) is 10.4 Å². The van der Waals surface area contributed by atoms with Crippen molar-refractivity contribution in [1.29, 1.82) is 0 Å². The highest BCUT2D eigenvalue weighted by Crippen LogP contribution is 2.41. The Kier molecular flexibility index (Phi) is 9.92. The molecule has 4 rings (SSSR count). The number of hydrogen-bond acceptors (Lipinski definition) is 10. The molecule has 13 heteroatoms. The first-order valence-electron chi connectivity index (χ1n) is 12.1. The lowest BCUT2D eigenvalue weighted by molar-refractivity contribution is -0.113. The number of benzene rings is 2. The van der Waals surface area contributed by atoms with Crippen molar-refractivity contribution in [3.63, 3.8) is 0 Å². The summed E-state index contributed by atoms with van der Waals surface area (Å²) in [5.74, 6) is 1.06. The fourth-order valence-electron chi connectivity index (χ4n) is 4.00. The van der Waals surface area contributed by atoms with E-state index in [0.29, 0.717) is 55.9 Å². The fraction of sp³-hybridized carbons (Fsp3) is 0.214.